The van der Waals surface area contributed by atoms with Crippen LogP contribution in [0.4, 0.5) is 0 Å². The summed E-state index contributed by atoms with van der Waals surface area (Å²) in [4.78, 5) is 31.8. The second-order valence-corrected chi connectivity index (χ2v) is 6.93. The number of hydrogen-bond acceptors (Lipinski definition) is 5. The van der Waals surface area contributed by atoms with E-state index in [1.807, 2.05) is 28.9 Å². The van der Waals surface area contributed by atoms with Gasteiger partial charge in [-0.05, 0) is 37.3 Å². The lowest BCUT2D eigenvalue weighted by Crippen LogP contribution is -2.39. The summed E-state index contributed by atoms with van der Waals surface area (Å²) < 4.78 is 1.93. The predicted octanol–water partition coefficient (Wildman–Crippen LogP) is 2.37. The van der Waals surface area contributed by atoms with Gasteiger partial charge in [-0.15, -0.1) is 0 Å². The molecule has 3 aromatic heterocycles. The Balaban J connectivity index is 1.33. The fourth-order valence-electron chi connectivity index (χ4n) is 3.50. The van der Waals surface area contributed by atoms with Crippen LogP contribution in [0, 0.1) is 5.92 Å². The number of carbonyl (C=O) groups is 1. The highest BCUT2D eigenvalue weighted by Gasteiger charge is 2.24. The molecule has 4 rings (SSSR count). The summed E-state index contributed by atoms with van der Waals surface area (Å²) in [5.74, 6) is 1.44. The van der Waals surface area contributed by atoms with Crippen molar-refractivity contribution in [3.8, 4) is 11.5 Å². The number of rotatable bonds is 4. The van der Waals surface area contributed by atoms with Gasteiger partial charge in [0.2, 0.25) is 0 Å². The van der Waals surface area contributed by atoms with E-state index in [0.29, 0.717) is 11.5 Å². The first-order valence-corrected chi connectivity index (χ1v) is 9.18. The third kappa shape index (κ3) is 3.86. The van der Waals surface area contributed by atoms with Crippen LogP contribution in [0.15, 0.2) is 49.3 Å². The molecule has 7 nitrogen and oxygen atoms in total. The Hall–Kier alpha value is -3.09. The molecule has 7 heteroatoms. The van der Waals surface area contributed by atoms with Crippen molar-refractivity contribution in [3.05, 3.63) is 60.6 Å². The van der Waals surface area contributed by atoms with E-state index in [9.17, 15) is 4.79 Å². The molecule has 27 heavy (non-hydrogen) atoms. The average Bonchev–Trinajstić information content (AvgIpc) is 3.15. The van der Waals surface area contributed by atoms with E-state index in [2.05, 4.69) is 19.9 Å². The summed E-state index contributed by atoms with van der Waals surface area (Å²) >= 11 is 0. The fourth-order valence-corrected chi connectivity index (χ4v) is 3.50. The first-order chi connectivity index (χ1) is 13.2. The Labute approximate surface area is 158 Å². The Kier molecular flexibility index (Phi) is 4.91. The smallest absolute Gasteiger partial charge is 0.253 e. The zero-order valence-electron chi connectivity index (χ0n) is 15.3. The first-order valence-electron chi connectivity index (χ1n) is 9.18. The van der Waals surface area contributed by atoms with Crippen molar-refractivity contribution in [1.82, 2.24) is 29.4 Å². The minimum absolute atomic E-state index is 0.0927. The standard InChI is InChI=1S/C20H22N6O/c1-25-11-8-22-19(25)18-14-23-17(13-24-18)12-15-4-9-26(10-5-15)20(27)16-2-6-21-7-3-16/h2-3,6-8,11,13-15H,4-5,9-10,12H2,1H3. The second-order valence-electron chi connectivity index (χ2n) is 6.93. The number of piperidine rings is 1. The molecule has 138 valence electrons. The highest BCUT2D eigenvalue weighted by Crippen LogP contribution is 2.22. The highest BCUT2D eigenvalue weighted by atomic mass is 16.2. The first kappa shape index (κ1) is 17.3. The summed E-state index contributed by atoms with van der Waals surface area (Å²) in [6.45, 7) is 1.56. The molecule has 0 N–H and O–H groups in total. The van der Waals surface area contributed by atoms with Crippen molar-refractivity contribution >= 4 is 5.91 Å². The Morgan fingerprint density at radius 2 is 1.85 bits per heavy atom. The van der Waals surface area contributed by atoms with Crippen LogP contribution in [-0.4, -0.2) is 48.4 Å². The lowest BCUT2D eigenvalue weighted by atomic mass is 9.92. The van der Waals surface area contributed by atoms with Crippen LogP contribution in [0.25, 0.3) is 11.5 Å². The van der Waals surface area contributed by atoms with Crippen LogP contribution >= 0.6 is 0 Å². The van der Waals surface area contributed by atoms with Gasteiger partial charge < -0.3 is 9.47 Å². The molecule has 0 aliphatic carbocycles. The second kappa shape index (κ2) is 7.65. The normalized spacial score (nSPS) is 15.1. The van der Waals surface area contributed by atoms with Crippen LogP contribution in [0.5, 0.6) is 0 Å². The summed E-state index contributed by atoms with van der Waals surface area (Å²) in [6, 6.07) is 3.54. The van der Waals surface area contributed by atoms with E-state index in [-0.39, 0.29) is 5.91 Å². The molecular weight excluding hydrogens is 340 g/mol. The molecule has 0 spiro atoms. The molecule has 1 fully saturated rings. The van der Waals surface area contributed by atoms with Gasteiger partial charge in [0.15, 0.2) is 5.82 Å². The minimum atomic E-state index is 0.0927. The number of carbonyl (C=O) groups excluding carboxylic acids is 1. The topological polar surface area (TPSA) is 76.8 Å². The van der Waals surface area contributed by atoms with E-state index in [4.69, 9.17) is 0 Å². The molecule has 1 amide bonds. The van der Waals surface area contributed by atoms with Gasteiger partial charge in [0.05, 0.1) is 11.9 Å². The molecule has 0 radical (unpaired) electrons. The maximum atomic E-state index is 12.5. The van der Waals surface area contributed by atoms with Crippen LogP contribution in [0.1, 0.15) is 28.9 Å². The van der Waals surface area contributed by atoms with Gasteiger partial charge in [0.25, 0.3) is 5.91 Å². The summed E-state index contributed by atoms with van der Waals surface area (Å²) in [5.41, 5.74) is 2.48. The van der Waals surface area contributed by atoms with E-state index in [0.717, 1.165) is 49.6 Å². The molecule has 0 bridgehead atoms. The average molecular weight is 362 g/mol. The minimum Gasteiger partial charge on any atom is -0.339 e. The maximum absolute atomic E-state index is 12.5. The van der Waals surface area contributed by atoms with E-state index in [1.165, 1.54) is 0 Å². The molecule has 0 unspecified atom stereocenters. The molecule has 4 heterocycles. The SMILES string of the molecule is Cn1ccnc1-c1cnc(CC2CCN(C(=O)c3ccncc3)CC2)cn1. The van der Waals surface area contributed by atoms with Crippen molar-refractivity contribution < 1.29 is 4.79 Å². The van der Waals surface area contributed by atoms with Crippen molar-refractivity contribution in [2.24, 2.45) is 13.0 Å². The lowest BCUT2D eigenvalue weighted by molar-refractivity contribution is 0.0690. The third-order valence-electron chi connectivity index (χ3n) is 5.08. The Bertz CT molecular complexity index is 898. The maximum Gasteiger partial charge on any atom is 0.253 e. The van der Waals surface area contributed by atoms with Gasteiger partial charge in [0.1, 0.15) is 5.69 Å². The number of aryl methyl sites for hydroxylation is 1. The highest BCUT2D eigenvalue weighted by molar-refractivity contribution is 5.94. The van der Waals surface area contributed by atoms with Gasteiger partial charge in [-0.1, -0.05) is 0 Å². The number of imidazole rings is 1. The van der Waals surface area contributed by atoms with Crippen molar-refractivity contribution in [3.63, 3.8) is 0 Å². The molecule has 1 aliphatic rings. The summed E-state index contributed by atoms with van der Waals surface area (Å²) in [7, 11) is 1.94. The number of pyridine rings is 1. The van der Waals surface area contributed by atoms with Gasteiger partial charge in [-0.3, -0.25) is 14.8 Å². The van der Waals surface area contributed by atoms with Crippen LogP contribution < -0.4 is 0 Å². The van der Waals surface area contributed by atoms with E-state index < -0.39 is 0 Å². The fraction of sp³-hybridized carbons (Fsp3) is 0.350. The zero-order chi connectivity index (χ0) is 18.6. The molecule has 0 atom stereocenters. The molecule has 1 aliphatic heterocycles. The Morgan fingerprint density at radius 3 is 2.48 bits per heavy atom. The van der Waals surface area contributed by atoms with Crippen LogP contribution in [0.3, 0.4) is 0 Å². The number of amides is 1. The summed E-state index contributed by atoms with van der Waals surface area (Å²) in [6.07, 6.45) is 13.5. The number of hydrogen-bond donors (Lipinski definition) is 0. The molecule has 0 aromatic carbocycles. The van der Waals surface area contributed by atoms with E-state index >= 15 is 0 Å². The zero-order valence-corrected chi connectivity index (χ0v) is 15.3. The van der Waals surface area contributed by atoms with Gasteiger partial charge in [-0.25, -0.2) is 9.97 Å². The third-order valence-corrected chi connectivity index (χ3v) is 5.08. The van der Waals surface area contributed by atoms with Gasteiger partial charge >= 0.3 is 0 Å². The Morgan fingerprint density at radius 1 is 1.07 bits per heavy atom. The largest absolute Gasteiger partial charge is 0.339 e. The van der Waals surface area contributed by atoms with Crippen LogP contribution in [0.2, 0.25) is 0 Å². The van der Waals surface area contributed by atoms with E-state index in [1.54, 1.807) is 36.9 Å². The molecule has 0 saturated carbocycles. The number of likely N-dealkylation sites (tertiary alicyclic amines) is 1. The number of nitrogens with zero attached hydrogens (tertiary/aromatic N) is 6. The quantitative estimate of drug-likeness (QED) is 0.712. The molecular formula is C20H22N6O. The van der Waals surface area contributed by atoms with Crippen molar-refractivity contribution in [1.29, 1.82) is 0 Å². The van der Waals surface area contributed by atoms with Gasteiger partial charge in [0, 0.05) is 56.7 Å². The van der Waals surface area contributed by atoms with Crippen molar-refractivity contribution in [2.75, 3.05) is 13.1 Å². The monoisotopic (exact) mass is 362 g/mol. The van der Waals surface area contributed by atoms with Gasteiger partial charge in [-0.2, -0.15) is 0 Å². The van der Waals surface area contributed by atoms with Crippen LogP contribution in [-0.2, 0) is 13.5 Å². The molecule has 3 aromatic rings. The number of aromatic nitrogens is 5. The molecule has 1 saturated heterocycles. The van der Waals surface area contributed by atoms with Crippen molar-refractivity contribution in [2.45, 2.75) is 19.3 Å². The predicted molar refractivity (Wildman–Crippen MR) is 101 cm³/mol. The lowest BCUT2D eigenvalue weighted by Gasteiger charge is -2.32. The summed E-state index contributed by atoms with van der Waals surface area (Å²) in [5, 5.41) is 0.